The quantitative estimate of drug-likeness (QED) is 0.735. The number of nitrogens with one attached hydrogen (secondary N) is 1. The van der Waals surface area contributed by atoms with Crippen molar-refractivity contribution in [1.29, 1.82) is 0 Å². The molecule has 2 heteroatoms. The molecule has 0 aliphatic rings. The average Bonchev–Trinajstić information content (AvgIpc) is 2.09. The number of rotatable bonds is 6. The molecule has 2 nitrogen and oxygen atoms in total. The Balaban J connectivity index is 4.35. The van der Waals surface area contributed by atoms with Crippen LogP contribution in [0.2, 0.25) is 0 Å². The van der Waals surface area contributed by atoms with Gasteiger partial charge in [0.1, 0.15) is 0 Å². The van der Waals surface area contributed by atoms with Gasteiger partial charge in [0.25, 0.3) is 0 Å². The SMILES string of the molecule is CCCCC(CC(C)(C)C)C(=O)NC(C)C. The van der Waals surface area contributed by atoms with Gasteiger partial charge in [-0.1, -0.05) is 40.5 Å². The Kier molecular flexibility index (Phi) is 6.70. The maximum absolute atomic E-state index is 12.0. The van der Waals surface area contributed by atoms with E-state index >= 15 is 0 Å². The van der Waals surface area contributed by atoms with E-state index in [0.717, 1.165) is 25.7 Å². The van der Waals surface area contributed by atoms with Gasteiger partial charge in [0.05, 0.1) is 0 Å². The smallest absolute Gasteiger partial charge is 0.223 e. The molecule has 0 aliphatic carbocycles. The first kappa shape index (κ1) is 15.5. The van der Waals surface area contributed by atoms with Crippen LogP contribution >= 0.6 is 0 Å². The third-order valence-corrected chi connectivity index (χ3v) is 2.57. The summed E-state index contributed by atoms with van der Waals surface area (Å²) in [7, 11) is 0. The molecule has 0 radical (unpaired) electrons. The second-order valence-corrected chi connectivity index (χ2v) is 6.27. The molecule has 1 N–H and O–H groups in total. The Morgan fingerprint density at radius 2 is 1.81 bits per heavy atom. The molecule has 0 saturated carbocycles. The first-order valence-corrected chi connectivity index (χ1v) is 6.56. The predicted molar refractivity (Wildman–Crippen MR) is 70.4 cm³/mol. The van der Waals surface area contributed by atoms with Crippen LogP contribution in [-0.4, -0.2) is 11.9 Å². The monoisotopic (exact) mass is 227 g/mol. The van der Waals surface area contributed by atoms with Gasteiger partial charge in [-0.2, -0.15) is 0 Å². The van der Waals surface area contributed by atoms with Crippen molar-refractivity contribution in [3.63, 3.8) is 0 Å². The Hall–Kier alpha value is -0.530. The minimum Gasteiger partial charge on any atom is -0.354 e. The molecule has 1 amide bonds. The van der Waals surface area contributed by atoms with Gasteiger partial charge in [-0.15, -0.1) is 0 Å². The summed E-state index contributed by atoms with van der Waals surface area (Å²) in [4.78, 5) is 12.0. The number of amides is 1. The van der Waals surface area contributed by atoms with E-state index in [1.807, 2.05) is 13.8 Å². The number of unbranched alkanes of at least 4 members (excludes halogenated alkanes) is 1. The van der Waals surface area contributed by atoms with E-state index < -0.39 is 0 Å². The molecule has 0 spiro atoms. The lowest BCUT2D eigenvalue weighted by molar-refractivity contribution is -0.126. The van der Waals surface area contributed by atoms with Crippen LogP contribution in [0.4, 0.5) is 0 Å². The molecule has 0 aromatic heterocycles. The zero-order valence-electron chi connectivity index (χ0n) is 11.9. The number of hydrogen-bond donors (Lipinski definition) is 1. The molecule has 1 atom stereocenters. The second kappa shape index (κ2) is 6.93. The van der Waals surface area contributed by atoms with E-state index in [2.05, 4.69) is 33.0 Å². The standard InChI is InChI=1S/C14H29NO/c1-7-8-9-12(10-14(4,5)6)13(16)15-11(2)3/h11-12H,7-10H2,1-6H3,(H,15,16). The minimum atomic E-state index is 0.183. The summed E-state index contributed by atoms with van der Waals surface area (Å²) in [6.45, 7) is 12.8. The van der Waals surface area contributed by atoms with Crippen molar-refractivity contribution in [2.24, 2.45) is 11.3 Å². The summed E-state index contributed by atoms with van der Waals surface area (Å²) in [6.07, 6.45) is 4.31. The molecular weight excluding hydrogens is 198 g/mol. The fourth-order valence-electron chi connectivity index (χ4n) is 1.92. The summed E-state index contributed by atoms with van der Waals surface area (Å²) in [5.74, 6) is 0.417. The van der Waals surface area contributed by atoms with Gasteiger partial charge in [-0.3, -0.25) is 4.79 Å². The highest BCUT2D eigenvalue weighted by Crippen LogP contribution is 2.27. The number of carbonyl (C=O) groups is 1. The maximum Gasteiger partial charge on any atom is 0.223 e. The van der Waals surface area contributed by atoms with Crippen molar-refractivity contribution in [1.82, 2.24) is 5.32 Å². The third-order valence-electron chi connectivity index (χ3n) is 2.57. The molecule has 0 rings (SSSR count). The van der Waals surface area contributed by atoms with Gasteiger partial charge >= 0.3 is 0 Å². The van der Waals surface area contributed by atoms with Crippen molar-refractivity contribution >= 4 is 5.91 Å². The van der Waals surface area contributed by atoms with Crippen molar-refractivity contribution in [2.75, 3.05) is 0 Å². The highest BCUT2D eigenvalue weighted by atomic mass is 16.1. The second-order valence-electron chi connectivity index (χ2n) is 6.27. The lowest BCUT2D eigenvalue weighted by Crippen LogP contribution is -2.37. The van der Waals surface area contributed by atoms with Crippen LogP contribution in [-0.2, 0) is 4.79 Å². The molecule has 1 unspecified atom stereocenters. The van der Waals surface area contributed by atoms with Crippen LogP contribution in [0.25, 0.3) is 0 Å². The molecule has 0 aliphatic heterocycles. The molecule has 0 aromatic carbocycles. The highest BCUT2D eigenvalue weighted by Gasteiger charge is 2.24. The summed E-state index contributed by atoms with van der Waals surface area (Å²) in [5, 5.41) is 3.04. The largest absolute Gasteiger partial charge is 0.354 e. The first-order valence-electron chi connectivity index (χ1n) is 6.56. The lowest BCUT2D eigenvalue weighted by atomic mass is 9.82. The fourth-order valence-corrected chi connectivity index (χ4v) is 1.92. The minimum absolute atomic E-state index is 0.183. The van der Waals surface area contributed by atoms with E-state index in [-0.39, 0.29) is 23.3 Å². The Labute approximate surface area is 101 Å². The molecule has 0 fully saturated rings. The summed E-state index contributed by atoms with van der Waals surface area (Å²) in [5.41, 5.74) is 0.229. The molecule has 16 heavy (non-hydrogen) atoms. The Morgan fingerprint density at radius 3 is 2.19 bits per heavy atom. The van der Waals surface area contributed by atoms with Crippen molar-refractivity contribution in [3.05, 3.63) is 0 Å². The summed E-state index contributed by atoms with van der Waals surface area (Å²) < 4.78 is 0. The molecule has 0 heterocycles. The van der Waals surface area contributed by atoms with E-state index in [1.165, 1.54) is 0 Å². The molecular formula is C14H29NO. The van der Waals surface area contributed by atoms with Gasteiger partial charge in [0, 0.05) is 12.0 Å². The van der Waals surface area contributed by atoms with E-state index in [4.69, 9.17) is 0 Å². The third kappa shape index (κ3) is 7.72. The van der Waals surface area contributed by atoms with Gasteiger partial charge in [-0.25, -0.2) is 0 Å². The molecule has 96 valence electrons. The van der Waals surface area contributed by atoms with Gasteiger partial charge in [-0.05, 0) is 32.1 Å². The van der Waals surface area contributed by atoms with E-state index in [0.29, 0.717) is 0 Å². The molecule has 0 bridgehead atoms. The van der Waals surface area contributed by atoms with E-state index in [1.54, 1.807) is 0 Å². The van der Waals surface area contributed by atoms with Crippen LogP contribution in [0, 0.1) is 11.3 Å². The zero-order valence-corrected chi connectivity index (χ0v) is 11.9. The van der Waals surface area contributed by atoms with Crippen molar-refractivity contribution < 1.29 is 4.79 Å². The van der Waals surface area contributed by atoms with Crippen molar-refractivity contribution in [2.45, 2.75) is 73.3 Å². The predicted octanol–water partition coefficient (Wildman–Crippen LogP) is 3.75. The van der Waals surface area contributed by atoms with Crippen LogP contribution in [0.15, 0.2) is 0 Å². The fraction of sp³-hybridized carbons (Fsp3) is 0.929. The average molecular weight is 227 g/mol. The van der Waals surface area contributed by atoms with Crippen molar-refractivity contribution in [3.8, 4) is 0 Å². The number of carbonyl (C=O) groups excluding carboxylic acids is 1. The van der Waals surface area contributed by atoms with Crippen LogP contribution in [0.3, 0.4) is 0 Å². The van der Waals surface area contributed by atoms with Gasteiger partial charge in [0.2, 0.25) is 5.91 Å². The summed E-state index contributed by atoms with van der Waals surface area (Å²) >= 11 is 0. The molecule has 0 aromatic rings. The normalized spacial score (nSPS) is 13.9. The van der Waals surface area contributed by atoms with Crippen LogP contribution < -0.4 is 5.32 Å². The zero-order chi connectivity index (χ0) is 12.8. The summed E-state index contributed by atoms with van der Waals surface area (Å²) in [6, 6.07) is 0.247. The lowest BCUT2D eigenvalue weighted by Gasteiger charge is -2.26. The Bertz CT molecular complexity index is 203. The first-order chi connectivity index (χ1) is 7.26. The topological polar surface area (TPSA) is 29.1 Å². The maximum atomic E-state index is 12.0. The van der Waals surface area contributed by atoms with Crippen LogP contribution in [0.1, 0.15) is 67.2 Å². The van der Waals surface area contributed by atoms with Crippen LogP contribution in [0.5, 0.6) is 0 Å². The van der Waals surface area contributed by atoms with E-state index in [9.17, 15) is 4.79 Å². The van der Waals surface area contributed by atoms with Gasteiger partial charge < -0.3 is 5.32 Å². The Morgan fingerprint density at radius 1 is 1.25 bits per heavy atom. The number of hydrogen-bond acceptors (Lipinski definition) is 1. The van der Waals surface area contributed by atoms with Gasteiger partial charge in [0.15, 0.2) is 0 Å². The molecule has 0 saturated heterocycles. The highest BCUT2D eigenvalue weighted by molar-refractivity contribution is 5.78.